The number of thioether (sulfide) groups is 1. The highest BCUT2D eigenvalue weighted by atomic mass is 32.2. The van der Waals surface area contributed by atoms with Crippen LogP contribution in [0.5, 0.6) is 0 Å². The molecule has 1 unspecified atom stereocenters. The largest absolute Gasteiger partial charge is 0.325 e. The molecular formula is C11H21N3S2. The average molecular weight is 259 g/mol. The van der Waals surface area contributed by atoms with Crippen molar-refractivity contribution in [2.75, 3.05) is 19.1 Å². The molecule has 0 fully saturated rings. The molecule has 3 nitrogen and oxygen atoms in total. The molecular weight excluding hydrogens is 238 g/mol. The van der Waals surface area contributed by atoms with Gasteiger partial charge >= 0.3 is 0 Å². The van der Waals surface area contributed by atoms with Gasteiger partial charge in [-0.1, -0.05) is 0 Å². The van der Waals surface area contributed by atoms with Gasteiger partial charge in [-0.05, 0) is 32.4 Å². The average Bonchev–Trinajstić information content (AvgIpc) is 2.73. The molecule has 2 N–H and O–H groups in total. The van der Waals surface area contributed by atoms with Crippen LogP contribution in [-0.2, 0) is 13.1 Å². The summed E-state index contributed by atoms with van der Waals surface area (Å²) in [6.07, 6.45) is 3.38. The second-order valence-corrected chi connectivity index (χ2v) is 5.91. The number of hydrogen-bond acceptors (Lipinski definition) is 5. The highest BCUT2D eigenvalue weighted by molar-refractivity contribution is 7.98. The zero-order valence-electron chi connectivity index (χ0n) is 10.3. The van der Waals surface area contributed by atoms with E-state index in [4.69, 9.17) is 5.73 Å². The van der Waals surface area contributed by atoms with Crippen LogP contribution in [0.4, 0.5) is 0 Å². The fourth-order valence-corrected chi connectivity index (χ4v) is 2.68. The summed E-state index contributed by atoms with van der Waals surface area (Å²) in [6.45, 7) is 3.74. The zero-order chi connectivity index (χ0) is 12.0. The second-order valence-electron chi connectivity index (χ2n) is 3.98. The first kappa shape index (κ1) is 14.0. The molecule has 0 saturated carbocycles. The molecule has 92 valence electrons. The summed E-state index contributed by atoms with van der Waals surface area (Å²) in [6, 6.07) is 0.607. The van der Waals surface area contributed by atoms with Gasteiger partial charge in [0, 0.05) is 24.5 Å². The number of hydrogen-bond donors (Lipinski definition) is 1. The van der Waals surface area contributed by atoms with E-state index >= 15 is 0 Å². The minimum atomic E-state index is 0.552. The van der Waals surface area contributed by atoms with Crippen molar-refractivity contribution in [3.05, 3.63) is 16.1 Å². The Bertz CT molecular complexity index is 301. The monoisotopic (exact) mass is 259 g/mol. The van der Waals surface area contributed by atoms with Crippen molar-refractivity contribution in [1.82, 2.24) is 9.88 Å². The van der Waals surface area contributed by atoms with E-state index in [1.807, 2.05) is 11.8 Å². The fraction of sp³-hybridized carbons (Fsp3) is 0.727. The molecule has 1 rings (SSSR count). The molecule has 16 heavy (non-hydrogen) atoms. The maximum absolute atomic E-state index is 5.55. The number of rotatable bonds is 7. The lowest BCUT2D eigenvalue weighted by molar-refractivity contribution is 0.242. The molecule has 1 aromatic rings. The van der Waals surface area contributed by atoms with Gasteiger partial charge in [-0.3, -0.25) is 4.90 Å². The highest BCUT2D eigenvalue weighted by Gasteiger charge is 2.10. The minimum absolute atomic E-state index is 0.552. The quantitative estimate of drug-likeness (QED) is 0.815. The van der Waals surface area contributed by atoms with E-state index in [0.29, 0.717) is 12.6 Å². The summed E-state index contributed by atoms with van der Waals surface area (Å²) in [5.41, 5.74) is 6.69. The van der Waals surface area contributed by atoms with Crippen LogP contribution in [0.2, 0.25) is 0 Å². The predicted octanol–water partition coefficient (Wildman–Crippen LogP) is 2.18. The fourth-order valence-electron chi connectivity index (χ4n) is 1.44. The Morgan fingerprint density at radius 2 is 2.38 bits per heavy atom. The maximum Gasteiger partial charge on any atom is 0.106 e. The summed E-state index contributed by atoms with van der Waals surface area (Å²) in [5.74, 6) is 1.22. The lowest BCUT2D eigenvalue weighted by Crippen LogP contribution is -2.29. The summed E-state index contributed by atoms with van der Waals surface area (Å²) < 4.78 is 0. The molecule has 0 amide bonds. The molecule has 1 atom stereocenters. The van der Waals surface area contributed by atoms with Gasteiger partial charge in [0.15, 0.2) is 0 Å². The summed E-state index contributed by atoms with van der Waals surface area (Å²) in [5, 5.41) is 3.14. The Balaban J connectivity index is 2.40. The highest BCUT2D eigenvalue weighted by Crippen LogP contribution is 2.13. The Hall–Kier alpha value is -0.100. The van der Waals surface area contributed by atoms with Gasteiger partial charge in [-0.2, -0.15) is 11.8 Å². The molecule has 0 spiro atoms. The van der Waals surface area contributed by atoms with Crippen molar-refractivity contribution < 1.29 is 0 Å². The van der Waals surface area contributed by atoms with E-state index in [2.05, 4.69) is 35.5 Å². The first-order chi connectivity index (χ1) is 7.67. The van der Waals surface area contributed by atoms with Gasteiger partial charge in [-0.25, -0.2) is 4.98 Å². The molecule has 0 bridgehead atoms. The smallest absolute Gasteiger partial charge is 0.106 e. The third-order valence-corrected chi connectivity index (χ3v) is 4.24. The van der Waals surface area contributed by atoms with Gasteiger partial charge in [0.25, 0.3) is 0 Å². The normalized spacial score (nSPS) is 13.3. The van der Waals surface area contributed by atoms with Crippen LogP contribution in [0.25, 0.3) is 0 Å². The van der Waals surface area contributed by atoms with Crippen molar-refractivity contribution >= 4 is 23.1 Å². The van der Waals surface area contributed by atoms with Crippen LogP contribution in [-0.4, -0.2) is 35.0 Å². The molecule has 5 heteroatoms. The zero-order valence-corrected chi connectivity index (χ0v) is 11.9. The Labute approximate surface area is 106 Å². The molecule has 0 aromatic carbocycles. The summed E-state index contributed by atoms with van der Waals surface area (Å²) in [4.78, 5) is 6.83. The van der Waals surface area contributed by atoms with Crippen LogP contribution in [0.3, 0.4) is 0 Å². The van der Waals surface area contributed by atoms with E-state index in [9.17, 15) is 0 Å². The number of nitrogens with two attached hydrogens (primary N) is 1. The topological polar surface area (TPSA) is 42.1 Å². The lowest BCUT2D eigenvalue weighted by Gasteiger charge is -2.23. The van der Waals surface area contributed by atoms with Crippen LogP contribution >= 0.6 is 23.1 Å². The van der Waals surface area contributed by atoms with Gasteiger partial charge in [0.1, 0.15) is 5.01 Å². The van der Waals surface area contributed by atoms with Gasteiger partial charge in [0.05, 0.1) is 5.69 Å². The summed E-state index contributed by atoms with van der Waals surface area (Å²) in [7, 11) is 2.16. The predicted molar refractivity (Wildman–Crippen MR) is 73.9 cm³/mol. The van der Waals surface area contributed by atoms with Crippen molar-refractivity contribution in [2.45, 2.75) is 32.5 Å². The van der Waals surface area contributed by atoms with Crippen LogP contribution < -0.4 is 5.73 Å². The Kier molecular flexibility index (Phi) is 6.34. The minimum Gasteiger partial charge on any atom is -0.325 e. The molecule has 1 heterocycles. The van der Waals surface area contributed by atoms with Crippen LogP contribution in [0.1, 0.15) is 24.0 Å². The molecule has 0 radical (unpaired) electrons. The molecule has 0 saturated heterocycles. The SMILES string of the molecule is CSCCC(C)N(C)Cc1csc(CN)n1. The lowest BCUT2D eigenvalue weighted by atomic mass is 10.2. The van der Waals surface area contributed by atoms with E-state index in [1.165, 1.54) is 12.2 Å². The molecule has 0 aliphatic carbocycles. The molecule has 0 aliphatic rings. The summed E-state index contributed by atoms with van der Waals surface area (Å²) >= 11 is 3.56. The van der Waals surface area contributed by atoms with Gasteiger partial charge < -0.3 is 5.73 Å². The first-order valence-electron chi connectivity index (χ1n) is 5.50. The Morgan fingerprint density at radius 3 is 2.94 bits per heavy atom. The van der Waals surface area contributed by atoms with Crippen molar-refractivity contribution in [3.63, 3.8) is 0 Å². The molecule has 1 aromatic heterocycles. The number of aromatic nitrogens is 1. The third-order valence-electron chi connectivity index (χ3n) is 2.68. The number of thiazole rings is 1. The van der Waals surface area contributed by atoms with Crippen LogP contribution in [0, 0.1) is 0 Å². The Morgan fingerprint density at radius 1 is 1.62 bits per heavy atom. The second kappa shape index (κ2) is 7.27. The number of nitrogens with zero attached hydrogens (tertiary/aromatic N) is 2. The molecule has 0 aliphatic heterocycles. The van der Waals surface area contributed by atoms with Crippen molar-refractivity contribution in [1.29, 1.82) is 0 Å². The van der Waals surface area contributed by atoms with E-state index in [1.54, 1.807) is 11.3 Å². The third kappa shape index (κ3) is 4.41. The van der Waals surface area contributed by atoms with E-state index in [-0.39, 0.29) is 0 Å². The van der Waals surface area contributed by atoms with Crippen molar-refractivity contribution in [3.8, 4) is 0 Å². The standard InChI is InChI=1S/C11H21N3S2/c1-9(4-5-15-3)14(2)7-10-8-16-11(6-12)13-10/h8-9H,4-7,12H2,1-3H3. The van der Waals surface area contributed by atoms with Crippen LogP contribution in [0.15, 0.2) is 5.38 Å². The van der Waals surface area contributed by atoms with E-state index < -0.39 is 0 Å². The van der Waals surface area contributed by atoms with E-state index in [0.717, 1.165) is 17.2 Å². The first-order valence-corrected chi connectivity index (χ1v) is 7.77. The van der Waals surface area contributed by atoms with Gasteiger partial charge in [0.2, 0.25) is 0 Å². The maximum atomic E-state index is 5.55. The van der Waals surface area contributed by atoms with Gasteiger partial charge in [-0.15, -0.1) is 11.3 Å². The van der Waals surface area contributed by atoms with Crippen molar-refractivity contribution in [2.24, 2.45) is 5.73 Å².